The molecule has 0 aliphatic heterocycles. The van der Waals surface area contributed by atoms with Crippen LogP contribution in [-0.4, -0.2) is 32.2 Å². The van der Waals surface area contributed by atoms with Gasteiger partial charge in [-0.3, -0.25) is 8.98 Å². The predicted octanol–water partition coefficient (Wildman–Crippen LogP) is 3.17. The number of thiophene rings is 1. The summed E-state index contributed by atoms with van der Waals surface area (Å²) >= 11 is 3.19. The zero-order valence-corrected chi connectivity index (χ0v) is 16.9. The Labute approximate surface area is 156 Å². The molecule has 1 N–H and O–H groups in total. The van der Waals surface area contributed by atoms with Gasteiger partial charge in [0.1, 0.15) is 0 Å². The summed E-state index contributed by atoms with van der Waals surface area (Å²) in [7, 11) is -3.36. The van der Waals surface area contributed by atoms with Gasteiger partial charge in [-0.05, 0) is 44.2 Å². The SMILES string of the molecule is CC(=O)Nc1nc(CCc2cc(C)c(CCCOS(C)(=O)=O)s2)cs1. The van der Waals surface area contributed by atoms with Crippen molar-refractivity contribution in [2.75, 3.05) is 18.2 Å². The summed E-state index contributed by atoms with van der Waals surface area (Å²) in [6.45, 7) is 3.76. The van der Waals surface area contributed by atoms with Gasteiger partial charge >= 0.3 is 0 Å². The van der Waals surface area contributed by atoms with E-state index in [9.17, 15) is 13.2 Å². The molecule has 0 saturated carbocycles. The van der Waals surface area contributed by atoms with E-state index in [1.807, 2.05) is 5.38 Å². The third-order valence-corrected chi connectivity index (χ3v) is 6.14. The van der Waals surface area contributed by atoms with E-state index in [1.54, 1.807) is 11.3 Å². The van der Waals surface area contributed by atoms with Gasteiger partial charge in [0, 0.05) is 22.1 Å². The second kappa shape index (κ2) is 8.88. The van der Waals surface area contributed by atoms with Gasteiger partial charge < -0.3 is 5.32 Å². The summed E-state index contributed by atoms with van der Waals surface area (Å²) in [6.07, 6.45) is 4.29. The standard InChI is InChI=1S/C16H22N2O4S3/c1-11-9-14(24-15(11)5-4-8-22-25(3,20)21)7-6-13-10-23-16(18-13)17-12(2)19/h9-10H,4-8H2,1-3H3,(H,17,18,19). The lowest BCUT2D eigenvalue weighted by Crippen LogP contribution is -2.05. The van der Waals surface area contributed by atoms with Crippen molar-refractivity contribution in [2.45, 2.75) is 39.5 Å². The lowest BCUT2D eigenvalue weighted by molar-refractivity contribution is -0.114. The fraction of sp³-hybridized carbons (Fsp3) is 0.500. The number of aromatic nitrogens is 1. The molecule has 2 heterocycles. The summed E-state index contributed by atoms with van der Waals surface area (Å²) in [4.78, 5) is 18.0. The summed E-state index contributed by atoms with van der Waals surface area (Å²) in [6, 6.07) is 2.18. The molecule has 2 aromatic heterocycles. The number of carbonyl (C=O) groups excluding carboxylic acids is 1. The molecular weight excluding hydrogens is 380 g/mol. The van der Waals surface area contributed by atoms with E-state index in [0.717, 1.165) is 31.2 Å². The van der Waals surface area contributed by atoms with Crippen LogP contribution in [0.1, 0.15) is 34.4 Å². The van der Waals surface area contributed by atoms with Crippen LogP contribution in [0.25, 0.3) is 0 Å². The zero-order valence-electron chi connectivity index (χ0n) is 14.5. The van der Waals surface area contributed by atoms with E-state index < -0.39 is 10.1 Å². The molecule has 0 bridgehead atoms. The highest BCUT2D eigenvalue weighted by Crippen LogP contribution is 2.25. The van der Waals surface area contributed by atoms with Crippen LogP contribution in [0.5, 0.6) is 0 Å². The Morgan fingerprint density at radius 3 is 2.76 bits per heavy atom. The average molecular weight is 403 g/mol. The molecule has 0 unspecified atom stereocenters. The minimum absolute atomic E-state index is 0.112. The van der Waals surface area contributed by atoms with Gasteiger partial charge in [-0.2, -0.15) is 8.42 Å². The van der Waals surface area contributed by atoms with Crippen molar-refractivity contribution in [1.29, 1.82) is 0 Å². The molecular formula is C16H22N2O4S3. The first-order valence-electron chi connectivity index (χ1n) is 7.87. The first-order chi connectivity index (χ1) is 11.7. The van der Waals surface area contributed by atoms with Crippen molar-refractivity contribution >= 4 is 43.8 Å². The highest BCUT2D eigenvalue weighted by atomic mass is 32.2. The number of nitrogens with zero attached hydrogens (tertiary/aromatic N) is 1. The number of nitrogens with one attached hydrogen (secondary N) is 1. The second-order valence-corrected chi connectivity index (χ2v) is 9.50. The Balaban J connectivity index is 1.83. The molecule has 0 fully saturated rings. The first kappa shape index (κ1) is 20.0. The van der Waals surface area contributed by atoms with Crippen LogP contribution in [0.4, 0.5) is 5.13 Å². The molecule has 2 aromatic rings. The second-order valence-electron chi connectivity index (χ2n) is 5.77. The number of hydrogen-bond acceptors (Lipinski definition) is 7. The van der Waals surface area contributed by atoms with Gasteiger partial charge in [0.25, 0.3) is 10.1 Å². The van der Waals surface area contributed by atoms with E-state index in [2.05, 4.69) is 23.3 Å². The van der Waals surface area contributed by atoms with Gasteiger partial charge in [-0.15, -0.1) is 22.7 Å². The molecule has 6 nitrogen and oxygen atoms in total. The van der Waals surface area contributed by atoms with E-state index in [1.165, 1.54) is 33.6 Å². The fourth-order valence-electron chi connectivity index (χ4n) is 2.29. The van der Waals surface area contributed by atoms with Crippen LogP contribution in [-0.2, 0) is 38.4 Å². The summed E-state index contributed by atoms with van der Waals surface area (Å²) in [5, 5.41) is 5.30. The van der Waals surface area contributed by atoms with Crippen molar-refractivity contribution in [1.82, 2.24) is 4.98 Å². The molecule has 138 valence electrons. The van der Waals surface area contributed by atoms with Crippen LogP contribution >= 0.6 is 22.7 Å². The normalized spacial score (nSPS) is 11.6. The van der Waals surface area contributed by atoms with Crippen LogP contribution in [0.3, 0.4) is 0 Å². The molecule has 0 atom stereocenters. The molecule has 0 saturated heterocycles. The van der Waals surface area contributed by atoms with E-state index in [0.29, 0.717) is 11.6 Å². The average Bonchev–Trinajstić information content (AvgIpc) is 3.07. The third-order valence-electron chi connectivity index (χ3n) is 3.38. The van der Waals surface area contributed by atoms with E-state index in [-0.39, 0.29) is 12.5 Å². The third kappa shape index (κ3) is 7.23. The molecule has 2 rings (SSSR count). The Morgan fingerprint density at radius 1 is 1.32 bits per heavy atom. The lowest BCUT2D eigenvalue weighted by atomic mass is 10.1. The Kier molecular flexibility index (Phi) is 7.12. The molecule has 0 aromatic carbocycles. The Bertz CT molecular complexity index is 824. The minimum atomic E-state index is -3.36. The predicted molar refractivity (Wildman–Crippen MR) is 102 cm³/mol. The number of anilines is 1. The summed E-state index contributed by atoms with van der Waals surface area (Å²) < 4.78 is 26.7. The first-order valence-corrected chi connectivity index (χ1v) is 11.4. The molecule has 0 spiro atoms. The highest BCUT2D eigenvalue weighted by Gasteiger charge is 2.09. The van der Waals surface area contributed by atoms with Crippen LogP contribution in [0.2, 0.25) is 0 Å². The maximum Gasteiger partial charge on any atom is 0.264 e. The monoisotopic (exact) mass is 402 g/mol. The molecule has 0 aliphatic rings. The summed E-state index contributed by atoms with van der Waals surface area (Å²) in [5.41, 5.74) is 2.21. The lowest BCUT2D eigenvalue weighted by Gasteiger charge is -2.01. The molecule has 0 aliphatic carbocycles. The van der Waals surface area contributed by atoms with Gasteiger partial charge in [-0.25, -0.2) is 4.98 Å². The number of thiazole rings is 1. The highest BCUT2D eigenvalue weighted by molar-refractivity contribution is 7.85. The Morgan fingerprint density at radius 2 is 2.08 bits per heavy atom. The van der Waals surface area contributed by atoms with Crippen molar-refractivity contribution in [3.05, 3.63) is 32.5 Å². The quantitative estimate of drug-likeness (QED) is 0.514. The van der Waals surface area contributed by atoms with E-state index >= 15 is 0 Å². The molecule has 9 heteroatoms. The topological polar surface area (TPSA) is 85.4 Å². The number of hydrogen-bond donors (Lipinski definition) is 1. The van der Waals surface area contributed by atoms with Crippen LogP contribution in [0.15, 0.2) is 11.4 Å². The number of aryl methyl sites for hydroxylation is 4. The van der Waals surface area contributed by atoms with Gasteiger partial charge in [0.05, 0.1) is 18.6 Å². The largest absolute Gasteiger partial charge is 0.302 e. The molecule has 1 amide bonds. The number of carbonyl (C=O) groups is 1. The van der Waals surface area contributed by atoms with Gasteiger partial charge in [0.15, 0.2) is 5.13 Å². The summed E-state index contributed by atoms with van der Waals surface area (Å²) in [5.74, 6) is -0.112. The number of amides is 1. The molecule has 0 radical (unpaired) electrons. The molecule has 25 heavy (non-hydrogen) atoms. The maximum absolute atomic E-state index is 11.0. The van der Waals surface area contributed by atoms with Gasteiger partial charge in [-0.1, -0.05) is 0 Å². The smallest absolute Gasteiger partial charge is 0.264 e. The van der Waals surface area contributed by atoms with Gasteiger partial charge in [0.2, 0.25) is 5.91 Å². The fourth-order valence-corrected chi connectivity index (χ4v) is 4.72. The van der Waals surface area contributed by atoms with E-state index in [4.69, 9.17) is 4.18 Å². The van der Waals surface area contributed by atoms with Crippen LogP contribution < -0.4 is 5.32 Å². The zero-order chi connectivity index (χ0) is 18.4. The van der Waals surface area contributed by atoms with Crippen LogP contribution in [0, 0.1) is 6.92 Å². The Hall–Kier alpha value is -1.29. The minimum Gasteiger partial charge on any atom is -0.302 e. The van der Waals surface area contributed by atoms with Crippen molar-refractivity contribution in [3.8, 4) is 0 Å². The number of rotatable bonds is 9. The van der Waals surface area contributed by atoms with Crippen molar-refractivity contribution in [3.63, 3.8) is 0 Å². The van der Waals surface area contributed by atoms with Crippen molar-refractivity contribution in [2.24, 2.45) is 0 Å². The maximum atomic E-state index is 11.0. The van der Waals surface area contributed by atoms with Crippen molar-refractivity contribution < 1.29 is 17.4 Å².